The molecule has 0 aliphatic rings. The zero-order valence-corrected chi connectivity index (χ0v) is 13.9. The Morgan fingerprint density at radius 3 is 2.46 bits per heavy atom. The maximum Gasteiger partial charge on any atom is 0.411 e. The predicted octanol–water partition coefficient (Wildman–Crippen LogP) is 2.72. The third kappa shape index (κ3) is 9.24. The molecule has 0 saturated carbocycles. The quantitative estimate of drug-likeness (QED) is 0.410. The van der Waals surface area contributed by atoms with Crippen LogP contribution in [-0.2, 0) is 11.3 Å². The molecule has 0 radical (unpaired) electrons. The molecular formula is C16H24F3N3O2. The first kappa shape index (κ1) is 20.1. The number of rotatable bonds is 9. The highest BCUT2D eigenvalue weighted by atomic mass is 19.4. The lowest BCUT2D eigenvalue weighted by Crippen LogP contribution is -2.38. The van der Waals surface area contributed by atoms with Gasteiger partial charge in [-0.2, -0.15) is 13.2 Å². The normalized spacial score (nSPS) is 12.1. The molecule has 1 aromatic carbocycles. The Kier molecular flexibility index (Phi) is 8.99. The Hall–Kier alpha value is -1.96. The largest absolute Gasteiger partial charge is 0.497 e. The van der Waals surface area contributed by atoms with Crippen LogP contribution < -0.4 is 15.4 Å². The fourth-order valence-electron chi connectivity index (χ4n) is 1.81. The highest BCUT2D eigenvalue weighted by Gasteiger charge is 2.27. The standard InChI is InChI=1S/C16H24F3N3O2/c1-3-20-15(21-9-4-10-24-12-16(17,18)19)22-11-13-5-7-14(23-2)8-6-13/h5-8H,3-4,9-12H2,1-2H3,(H2,20,21,22). The molecule has 0 atom stereocenters. The molecule has 0 fully saturated rings. The van der Waals surface area contributed by atoms with Crippen molar-refractivity contribution in [3.05, 3.63) is 29.8 Å². The number of benzene rings is 1. The number of nitrogens with zero attached hydrogens (tertiary/aromatic N) is 1. The number of alkyl halides is 3. The molecule has 0 amide bonds. The van der Waals surface area contributed by atoms with Gasteiger partial charge in [-0.05, 0) is 31.0 Å². The van der Waals surface area contributed by atoms with E-state index >= 15 is 0 Å². The van der Waals surface area contributed by atoms with Crippen molar-refractivity contribution in [3.63, 3.8) is 0 Å². The molecule has 24 heavy (non-hydrogen) atoms. The molecule has 0 unspecified atom stereocenters. The molecule has 0 aromatic heterocycles. The molecule has 0 spiro atoms. The number of ether oxygens (including phenoxy) is 2. The Labute approximate surface area is 140 Å². The van der Waals surface area contributed by atoms with Gasteiger partial charge < -0.3 is 20.1 Å². The molecule has 8 heteroatoms. The van der Waals surface area contributed by atoms with Crippen LogP contribution >= 0.6 is 0 Å². The van der Waals surface area contributed by atoms with Crippen molar-refractivity contribution in [2.45, 2.75) is 26.1 Å². The molecule has 136 valence electrons. The van der Waals surface area contributed by atoms with Crippen molar-refractivity contribution in [1.82, 2.24) is 10.6 Å². The van der Waals surface area contributed by atoms with Crippen LogP contribution in [-0.4, -0.2) is 45.5 Å². The summed E-state index contributed by atoms with van der Waals surface area (Å²) >= 11 is 0. The summed E-state index contributed by atoms with van der Waals surface area (Å²) in [5.41, 5.74) is 1.03. The van der Waals surface area contributed by atoms with Gasteiger partial charge in [0.2, 0.25) is 0 Å². The van der Waals surface area contributed by atoms with Gasteiger partial charge >= 0.3 is 6.18 Å². The lowest BCUT2D eigenvalue weighted by molar-refractivity contribution is -0.173. The van der Waals surface area contributed by atoms with Gasteiger partial charge in [0, 0.05) is 19.7 Å². The summed E-state index contributed by atoms with van der Waals surface area (Å²) in [4.78, 5) is 4.43. The minimum Gasteiger partial charge on any atom is -0.497 e. The van der Waals surface area contributed by atoms with E-state index in [1.165, 1.54) is 0 Å². The summed E-state index contributed by atoms with van der Waals surface area (Å²) in [7, 11) is 1.61. The van der Waals surface area contributed by atoms with Crippen LogP contribution in [0.5, 0.6) is 5.75 Å². The zero-order chi connectivity index (χ0) is 17.8. The average Bonchev–Trinajstić information content (AvgIpc) is 2.55. The van der Waals surface area contributed by atoms with Crippen LogP contribution in [0, 0.1) is 0 Å². The molecule has 1 aromatic rings. The highest BCUT2D eigenvalue weighted by Crippen LogP contribution is 2.14. The van der Waals surface area contributed by atoms with E-state index in [2.05, 4.69) is 20.4 Å². The van der Waals surface area contributed by atoms with Crippen molar-refractivity contribution in [1.29, 1.82) is 0 Å². The molecule has 0 aliphatic heterocycles. The lowest BCUT2D eigenvalue weighted by Gasteiger charge is -2.12. The van der Waals surface area contributed by atoms with Crippen LogP contribution in [0.15, 0.2) is 29.3 Å². The van der Waals surface area contributed by atoms with Crippen LogP contribution in [0.4, 0.5) is 13.2 Å². The zero-order valence-electron chi connectivity index (χ0n) is 13.9. The molecular weight excluding hydrogens is 323 g/mol. The third-order valence-electron chi connectivity index (χ3n) is 2.95. The Balaban J connectivity index is 2.34. The van der Waals surface area contributed by atoms with Crippen molar-refractivity contribution in [2.75, 3.05) is 33.4 Å². The van der Waals surface area contributed by atoms with Crippen LogP contribution in [0.25, 0.3) is 0 Å². The van der Waals surface area contributed by atoms with E-state index in [1.54, 1.807) is 7.11 Å². The molecule has 0 aliphatic carbocycles. The van der Waals surface area contributed by atoms with E-state index in [0.717, 1.165) is 11.3 Å². The van der Waals surface area contributed by atoms with Gasteiger partial charge in [-0.25, -0.2) is 4.99 Å². The van der Waals surface area contributed by atoms with Crippen molar-refractivity contribution >= 4 is 5.96 Å². The number of halogens is 3. The minimum absolute atomic E-state index is 0.0460. The highest BCUT2D eigenvalue weighted by molar-refractivity contribution is 5.79. The molecule has 0 bridgehead atoms. The molecule has 0 saturated heterocycles. The summed E-state index contributed by atoms with van der Waals surface area (Å²) in [6.07, 6.45) is -3.81. The van der Waals surface area contributed by atoms with E-state index in [4.69, 9.17) is 4.74 Å². The summed E-state index contributed by atoms with van der Waals surface area (Å²) in [6.45, 7) is 2.44. The SMILES string of the molecule is CCNC(=NCc1ccc(OC)cc1)NCCCOCC(F)(F)F. The van der Waals surface area contributed by atoms with Crippen LogP contribution in [0.1, 0.15) is 18.9 Å². The van der Waals surface area contributed by atoms with E-state index < -0.39 is 12.8 Å². The van der Waals surface area contributed by atoms with Crippen molar-refractivity contribution < 1.29 is 22.6 Å². The Bertz CT molecular complexity index is 490. The van der Waals surface area contributed by atoms with Crippen LogP contribution in [0.3, 0.4) is 0 Å². The average molecular weight is 347 g/mol. The van der Waals surface area contributed by atoms with Gasteiger partial charge in [-0.3, -0.25) is 0 Å². The van der Waals surface area contributed by atoms with E-state index in [0.29, 0.717) is 32.0 Å². The molecule has 0 heterocycles. The molecule has 5 nitrogen and oxygen atoms in total. The summed E-state index contributed by atoms with van der Waals surface area (Å²) in [5, 5.41) is 6.15. The second-order valence-corrected chi connectivity index (χ2v) is 4.99. The van der Waals surface area contributed by atoms with Gasteiger partial charge in [-0.1, -0.05) is 12.1 Å². The maximum absolute atomic E-state index is 11.9. The fraction of sp³-hybridized carbons (Fsp3) is 0.562. The number of aliphatic imine (C=N–C) groups is 1. The van der Waals surface area contributed by atoms with E-state index in [9.17, 15) is 13.2 Å². The minimum atomic E-state index is -4.28. The summed E-state index contributed by atoms with van der Waals surface area (Å²) in [6, 6.07) is 7.58. The van der Waals surface area contributed by atoms with Gasteiger partial charge in [-0.15, -0.1) is 0 Å². The summed E-state index contributed by atoms with van der Waals surface area (Å²) in [5.74, 6) is 1.40. The monoisotopic (exact) mass is 347 g/mol. The molecule has 2 N–H and O–H groups in total. The first-order chi connectivity index (χ1) is 11.4. The Morgan fingerprint density at radius 2 is 1.88 bits per heavy atom. The van der Waals surface area contributed by atoms with Crippen molar-refractivity contribution in [3.8, 4) is 5.75 Å². The smallest absolute Gasteiger partial charge is 0.411 e. The summed E-state index contributed by atoms with van der Waals surface area (Å²) < 4.78 is 45.4. The third-order valence-corrected chi connectivity index (χ3v) is 2.95. The molecule has 1 rings (SSSR count). The second kappa shape index (κ2) is 10.7. The van der Waals surface area contributed by atoms with Gasteiger partial charge in [0.15, 0.2) is 5.96 Å². The number of nitrogens with one attached hydrogen (secondary N) is 2. The predicted molar refractivity (Wildman–Crippen MR) is 87.3 cm³/mol. The van der Waals surface area contributed by atoms with Gasteiger partial charge in [0.25, 0.3) is 0 Å². The second-order valence-electron chi connectivity index (χ2n) is 4.99. The number of methoxy groups -OCH3 is 1. The number of hydrogen-bond acceptors (Lipinski definition) is 3. The van der Waals surface area contributed by atoms with Gasteiger partial charge in [0.05, 0.1) is 13.7 Å². The number of guanidine groups is 1. The Morgan fingerprint density at radius 1 is 1.17 bits per heavy atom. The van der Waals surface area contributed by atoms with Gasteiger partial charge in [0.1, 0.15) is 12.4 Å². The lowest BCUT2D eigenvalue weighted by atomic mass is 10.2. The fourth-order valence-corrected chi connectivity index (χ4v) is 1.81. The van der Waals surface area contributed by atoms with E-state index in [-0.39, 0.29) is 6.61 Å². The maximum atomic E-state index is 11.9. The van der Waals surface area contributed by atoms with Crippen molar-refractivity contribution in [2.24, 2.45) is 4.99 Å². The first-order valence-electron chi connectivity index (χ1n) is 7.74. The van der Waals surface area contributed by atoms with Crippen LogP contribution in [0.2, 0.25) is 0 Å². The van der Waals surface area contributed by atoms with E-state index in [1.807, 2.05) is 31.2 Å². The number of hydrogen-bond donors (Lipinski definition) is 2. The topological polar surface area (TPSA) is 54.9 Å². The first-order valence-corrected chi connectivity index (χ1v) is 7.74.